The molecule has 76 valence electrons. The van der Waals surface area contributed by atoms with Crippen molar-refractivity contribution >= 4 is 0 Å². The highest BCUT2D eigenvalue weighted by molar-refractivity contribution is 5.40. The first-order valence-corrected chi connectivity index (χ1v) is 4.77. The minimum Gasteiger partial charge on any atom is -0.324 e. The molecule has 3 atom stereocenters. The van der Waals surface area contributed by atoms with Crippen LogP contribution in [0.15, 0.2) is 12.1 Å². The minimum absolute atomic E-state index is 0.00398. The summed E-state index contributed by atoms with van der Waals surface area (Å²) in [6.07, 6.45) is 0. The molecule has 3 unspecified atom stereocenters. The zero-order valence-corrected chi connectivity index (χ0v) is 8.22. The molecule has 0 heterocycles. The van der Waals surface area contributed by atoms with Crippen molar-refractivity contribution in [1.82, 2.24) is 0 Å². The Morgan fingerprint density at radius 1 is 1.07 bits per heavy atom. The first-order valence-electron chi connectivity index (χ1n) is 4.77. The second-order valence-electron chi connectivity index (χ2n) is 4.03. The Morgan fingerprint density at radius 3 is 2.07 bits per heavy atom. The monoisotopic (exact) mass is 197 g/mol. The Labute approximate surface area is 81.9 Å². The lowest BCUT2D eigenvalue weighted by atomic mass is 9.95. The van der Waals surface area contributed by atoms with Crippen LogP contribution in [-0.4, -0.2) is 0 Å². The number of hydrogen-bond acceptors (Lipinski definition) is 1. The average Bonchev–Trinajstić information content (AvgIpc) is 2.38. The predicted molar refractivity (Wildman–Crippen MR) is 50.9 cm³/mol. The second-order valence-corrected chi connectivity index (χ2v) is 4.03. The lowest BCUT2D eigenvalue weighted by Gasteiger charge is -2.13. The summed E-state index contributed by atoms with van der Waals surface area (Å²) in [5.41, 5.74) is 6.67. The van der Waals surface area contributed by atoms with Crippen molar-refractivity contribution in [2.45, 2.75) is 25.8 Å². The maximum absolute atomic E-state index is 13.4. The van der Waals surface area contributed by atoms with Crippen molar-refractivity contribution in [3.05, 3.63) is 34.9 Å². The molecule has 0 fully saturated rings. The third-order valence-corrected chi connectivity index (χ3v) is 3.32. The molecule has 14 heavy (non-hydrogen) atoms. The van der Waals surface area contributed by atoms with Gasteiger partial charge in [-0.15, -0.1) is 0 Å². The van der Waals surface area contributed by atoms with Gasteiger partial charge in [0.25, 0.3) is 0 Å². The van der Waals surface area contributed by atoms with Crippen LogP contribution in [0.3, 0.4) is 0 Å². The Bertz CT molecular complexity index is 341. The molecular formula is C11H13F2N. The molecule has 0 aliphatic heterocycles. The van der Waals surface area contributed by atoms with Gasteiger partial charge in [0.1, 0.15) is 11.6 Å². The quantitative estimate of drug-likeness (QED) is 0.680. The van der Waals surface area contributed by atoms with Gasteiger partial charge in [0.2, 0.25) is 0 Å². The summed E-state index contributed by atoms with van der Waals surface area (Å²) in [5.74, 6) is -0.633. The van der Waals surface area contributed by atoms with Crippen molar-refractivity contribution in [1.29, 1.82) is 0 Å². The third-order valence-electron chi connectivity index (χ3n) is 3.32. The fourth-order valence-electron chi connectivity index (χ4n) is 2.22. The number of halogens is 2. The molecule has 3 heteroatoms. The zero-order valence-electron chi connectivity index (χ0n) is 8.22. The van der Waals surface area contributed by atoms with Gasteiger partial charge in [0, 0.05) is 11.6 Å². The van der Waals surface area contributed by atoms with E-state index in [4.69, 9.17) is 5.73 Å². The minimum atomic E-state index is -0.384. The average molecular weight is 197 g/mol. The van der Waals surface area contributed by atoms with Crippen LogP contribution >= 0.6 is 0 Å². The zero-order chi connectivity index (χ0) is 10.5. The number of hydrogen-bond donors (Lipinski definition) is 1. The summed E-state index contributed by atoms with van der Waals surface area (Å²) in [5, 5.41) is 0. The summed E-state index contributed by atoms with van der Waals surface area (Å²) in [6, 6.07) is 1.95. The number of nitrogens with two attached hydrogens (primary N) is 1. The molecule has 0 saturated heterocycles. The summed E-state index contributed by atoms with van der Waals surface area (Å²) in [6.45, 7) is 3.81. The number of benzene rings is 1. The molecule has 2 N–H and O–H groups in total. The van der Waals surface area contributed by atoms with Crippen LogP contribution in [0.5, 0.6) is 0 Å². The largest absolute Gasteiger partial charge is 0.324 e. The molecular weight excluding hydrogens is 184 g/mol. The molecule has 0 aromatic heterocycles. The van der Waals surface area contributed by atoms with E-state index in [0.29, 0.717) is 11.1 Å². The van der Waals surface area contributed by atoms with Gasteiger partial charge in [-0.05, 0) is 29.5 Å². The van der Waals surface area contributed by atoms with Gasteiger partial charge >= 0.3 is 0 Å². The van der Waals surface area contributed by atoms with E-state index in [0.717, 1.165) is 6.07 Å². The molecule has 1 aliphatic rings. The molecule has 1 nitrogen and oxygen atoms in total. The van der Waals surface area contributed by atoms with Crippen molar-refractivity contribution in [2.24, 2.45) is 11.7 Å². The maximum atomic E-state index is 13.4. The Hall–Kier alpha value is -0.960. The van der Waals surface area contributed by atoms with Crippen molar-refractivity contribution in [3.8, 4) is 0 Å². The summed E-state index contributed by atoms with van der Waals surface area (Å²) in [7, 11) is 0. The molecule has 1 aromatic rings. The van der Waals surface area contributed by atoms with Gasteiger partial charge in [-0.2, -0.15) is 0 Å². The normalized spacial score (nSPS) is 30.5. The Kier molecular flexibility index (Phi) is 2.07. The van der Waals surface area contributed by atoms with Crippen molar-refractivity contribution in [3.63, 3.8) is 0 Å². The van der Waals surface area contributed by atoms with E-state index in [1.807, 2.05) is 13.8 Å². The molecule has 0 bridgehead atoms. The van der Waals surface area contributed by atoms with E-state index in [1.165, 1.54) is 6.07 Å². The van der Waals surface area contributed by atoms with E-state index in [-0.39, 0.29) is 29.5 Å². The molecule has 0 spiro atoms. The number of rotatable bonds is 0. The summed E-state index contributed by atoms with van der Waals surface area (Å²) < 4.78 is 26.9. The lowest BCUT2D eigenvalue weighted by Crippen LogP contribution is -2.16. The number of fused-ring (bicyclic) bond motifs is 1. The Balaban J connectivity index is 2.67. The predicted octanol–water partition coefficient (Wildman–Crippen LogP) is 2.72. The van der Waals surface area contributed by atoms with Crippen LogP contribution in [-0.2, 0) is 0 Å². The van der Waals surface area contributed by atoms with Crippen LogP contribution in [0.25, 0.3) is 0 Å². The highest BCUT2D eigenvalue weighted by Gasteiger charge is 2.37. The van der Waals surface area contributed by atoms with Gasteiger partial charge < -0.3 is 5.73 Å². The SMILES string of the molecule is CC1c2c(F)ccc(F)c2C(N)C1C. The van der Waals surface area contributed by atoms with Crippen LogP contribution in [0.1, 0.15) is 36.9 Å². The summed E-state index contributed by atoms with van der Waals surface area (Å²) in [4.78, 5) is 0. The highest BCUT2D eigenvalue weighted by atomic mass is 19.1. The van der Waals surface area contributed by atoms with Gasteiger partial charge in [-0.1, -0.05) is 13.8 Å². The van der Waals surface area contributed by atoms with Gasteiger partial charge in [-0.25, -0.2) is 8.78 Å². The molecule has 1 aromatic carbocycles. The topological polar surface area (TPSA) is 26.0 Å². The van der Waals surface area contributed by atoms with Crippen LogP contribution < -0.4 is 5.73 Å². The molecule has 0 amide bonds. The second kappa shape index (κ2) is 3.02. The Morgan fingerprint density at radius 2 is 1.57 bits per heavy atom. The van der Waals surface area contributed by atoms with E-state index < -0.39 is 0 Å². The van der Waals surface area contributed by atoms with E-state index in [1.54, 1.807) is 0 Å². The first-order chi connectivity index (χ1) is 6.54. The van der Waals surface area contributed by atoms with Crippen LogP contribution in [0.4, 0.5) is 8.78 Å². The molecule has 0 saturated carbocycles. The van der Waals surface area contributed by atoms with E-state index in [2.05, 4.69) is 0 Å². The fourth-order valence-corrected chi connectivity index (χ4v) is 2.22. The smallest absolute Gasteiger partial charge is 0.128 e. The first kappa shape index (κ1) is 9.59. The molecule has 2 rings (SSSR count). The maximum Gasteiger partial charge on any atom is 0.128 e. The van der Waals surface area contributed by atoms with Crippen molar-refractivity contribution in [2.75, 3.05) is 0 Å². The molecule has 0 radical (unpaired) electrons. The van der Waals surface area contributed by atoms with Crippen LogP contribution in [0.2, 0.25) is 0 Å². The highest BCUT2D eigenvalue weighted by Crippen LogP contribution is 2.45. The fraction of sp³-hybridized carbons (Fsp3) is 0.455. The van der Waals surface area contributed by atoms with Gasteiger partial charge in [-0.3, -0.25) is 0 Å². The lowest BCUT2D eigenvalue weighted by molar-refractivity contribution is 0.439. The third kappa shape index (κ3) is 1.08. The summed E-state index contributed by atoms with van der Waals surface area (Å²) >= 11 is 0. The standard InChI is InChI=1S/C11H13F2N/c1-5-6(2)11(14)10-8(13)4-3-7(12)9(5)10/h3-6,11H,14H2,1-2H3. The van der Waals surface area contributed by atoms with Gasteiger partial charge in [0.15, 0.2) is 0 Å². The van der Waals surface area contributed by atoms with Crippen LogP contribution in [0, 0.1) is 17.6 Å². The molecule has 1 aliphatic carbocycles. The van der Waals surface area contributed by atoms with Crippen molar-refractivity contribution < 1.29 is 8.78 Å². The van der Waals surface area contributed by atoms with E-state index in [9.17, 15) is 8.78 Å². The van der Waals surface area contributed by atoms with E-state index >= 15 is 0 Å². The van der Waals surface area contributed by atoms with Gasteiger partial charge in [0.05, 0.1) is 0 Å².